The Balaban J connectivity index is 1.76. The van der Waals surface area contributed by atoms with Crippen molar-refractivity contribution in [1.29, 1.82) is 0 Å². The summed E-state index contributed by atoms with van der Waals surface area (Å²) in [5.41, 5.74) is 0.860. The fourth-order valence-corrected chi connectivity index (χ4v) is 3.92. The molecule has 6 nitrogen and oxygen atoms in total. The number of esters is 1. The first-order valence-corrected chi connectivity index (χ1v) is 10.1. The van der Waals surface area contributed by atoms with Gasteiger partial charge < -0.3 is 4.74 Å². The molecular formula is C20H13Cl4NO5. The lowest BCUT2D eigenvalue weighted by Crippen LogP contribution is -2.37. The van der Waals surface area contributed by atoms with Gasteiger partial charge in [-0.05, 0) is 13.8 Å². The number of amides is 2. The molecule has 1 aliphatic rings. The summed E-state index contributed by atoms with van der Waals surface area (Å²) in [5.74, 6) is -3.11. The highest BCUT2D eigenvalue weighted by Crippen LogP contribution is 2.44. The third-order valence-corrected chi connectivity index (χ3v) is 6.29. The summed E-state index contributed by atoms with van der Waals surface area (Å²) in [7, 11) is 0. The second kappa shape index (κ2) is 8.55. The average molecular weight is 489 g/mol. The molecule has 2 amide bonds. The van der Waals surface area contributed by atoms with Crippen LogP contribution >= 0.6 is 46.4 Å². The van der Waals surface area contributed by atoms with E-state index >= 15 is 0 Å². The van der Waals surface area contributed by atoms with Crippen LogP contribution in [0.1, 0.15) is 43.6 Å². The zero-order chi connectivity index (χ0) is 22.3. The summed E-state index contributed by atoms with van der Waals surface area (Å²) >= 11 is 24.0. The van der Waals surface area contributed by atoms with Crippen molar-refractivity contribution in [3.63, 3.8) is 0 Å². The fraction of sp³-hybridized carbons (Fsp3) is 0.200. The Morgan fingerprint density at radius 1 is 0.900 bits per heavy atom. The van der Waals surface area contributed by atoms with E-state index in [-0.39, 0.29) is 31.2 Å². The first-order valence-electron chi connectivity index (χ1n) is 8.57. The molecule has 0 aromatic heterocycles. The zero-order valence-electron chi connectivity index (χ0n) is 15.6. The van der Waals surface area contributed by atoms with Crippen LogP contribution in [0.3, 0.4) is 0 Å². The van der Waals surface area contributed by atoms with Crippen LogP contribution < -0.4 is 0 Å². The number of hydrogen-bond acceptors (Lipinski definition) is 5. The second-order valence-electron chi connectivity index (χ2n) is 6.56. The molecule has 0 saturated heterocycles. The molecule has 1 unspecified atom stereocenters. The molecule has 10 heteroatoms. The van der Waals surface area contributed by atoms with E-state index < -0.39 is 36.2 Å². The predicted octanol–water partition coefficient (Wildman–Crippen LogP) is 5.02. The SMILES string of the molecule is Cc1ccc(C(=O)C(C)OC(=O)CN2C(=O)c3c(Cl)c(Cl)c(Cl)c(Cl)c3C2=O)cc1. The number of ketones is 1. The molecule has 1 atom stereocenters. The van der Waals surface area contributed by atoms with E-state index in [2.05, 4.69) is 0 Å². The van der Waals surface area contributed by atoms with Crippen molar-refractivity contribution in [2.45, 2.75) is 20.0 Å². The van der Waals surface area contributed by atoms with Crippen LogP contribution in [0.25, 0.3) is 0 Å². The van der Waals surface area contributed by atoms with Crippen LogP contribution in [0.5, 0.6) is 0 Å². The van der Waals surface area contributed by atoms with Crippen LogP contribution in [-0.2, 0) is 9.53 Å². The van der Waals surface area contributed by atoms with Crippen LogP contribution in [0, 0.1) is 6.92 Å². The minimum atomic E-state index is -1.12. The molecule has 0 bridgehead atoms. The van der Waals surface area contributed by atoms with E-state index in [0.717, 1.165) is 5.56 Å². The smallest absolute Gasteiger partial charge is 0.326 e. The maximum atomic E-state index is 12.6. The number of carbonyl (C=O) groups excluding carboxylic acids is 4. The average Bonchev–Trinajstić information content (AvgIpc) is 2.95. The summed E-state index contributed by atoms with van der Waals surface area (Å²) in [5, 5.41) is -0.827. The Labute approximate surface area is 191 Å². The lowest BCUT2D eigenvalue weighted by molar-refractivity contribution is -0.146. The van der Waals surface area contributed by atoms with Crippen LogP contribution in [-0.4, -0.2) is 41.1 Å². The summed E-state index contributed by atoms with van der Waals surface area (Å²) in [4.78, 5) is 50.6. The zero-order valence-corrected chi connectivity index (χ0v) is 18.6. The molecule has 2 aromatic carbocycles. The van der Waals surface area contributed by atoms with Gasteiger partial charge in [0.1, 0.15) is 6.54 Å². The predicted molar refractivity (Wildman–Crippen MR) is 113 cm³/mol. The third-order valence-electron chi connectivity index (χ3n) is 4.49. The molecule has 2 aromatic rings. The van der Waals surface area contributed by atoms with Gasteiger partial charge in [0.15, 0.2) is 6.10 Å². The van der Waals surface area contributed by atoms with Crippen molar-refractivity contribution in [2.75, 3.05) is 6.54 Å². The van der Waals surface area contributed by atoms with Gasteiger partial charge in [-0.2, -0.15) is 0 Å². The maximum Gasteiger partial charge on any atom is 0.326 e. The quantitative estimate of drug-likeness (QED) is 0.194. The van der Waals surface area contributed by atoms with Crippen molar-refractivity contribution in [1.82, 2.24) is 4.90 Å². The lowest BCUT2D eigenvalue weighted by atomic mass is 10.1. The number of carbonyl (C=O) groups is 4. The van der Waals surface area contributed by atoms with Gasteiger partial charge >= 0.3 is 5.97 Å². The number of nitrogens with zero attached hydrogens (tertiary/aromatic N) is 1. The van der Waals surface area contributed by atoms with E-state index in [1.807, 2.05) is 6.92 Å². The molecule has 1 aliphatic heterocycles. The van der Waals surface area contributed by atoms with Crippen molar-refractivity contribution < 1.29 is 23.9 Å². The summed E-state index contributed by atoms with van der Waals surface area (Å²) in [6, 6.07) is 6.74. The van der Waals surface area contributed by atoms with E-state index in [9.17, 15) is 19.2 Å². The third kappa shape index (κ3) is 3.93. The first kappa shape index (κ1) is 22.6. The van der Waals surface area contributed by atoms with Crippen LogP contribution in [0.2, 0.25) is 20.1 Å². The van der Waals surface area contributed by atoms with Crippen molar-refractivity contribution in [2.24, 2.45) is 0 Å². The number of benzene rings is 2. The molecule has 156 valence electrons. The van der Waals surface area contributed by atoms with E-state index in [1.165, 1.54) is 6.92 Å². The highest BCUT2D eigenvalue weighted by atomic mass is 35.5. The lowest BCUT2D eigenvalue weighted by Gasteiger charge is -2.16. The highest BCUT2D eigenvalue weighted by molar-refractivity contribution is 6.55. The first-order chi connectivity index (χ1) is 14.0. The van der Waals surface area contributed by atoms with Gasteiger partial charge in [0.2, 0.25) is 5.78 Å². The number of fused-ring (bicyclic) bond motifs is 1. The van der Waals surface area contributed by atoms with Gasteiger partial charge in [-0.25, -0.2) is 0 Å². The normalized spacial score (nSPS) is 14.0. The van der Waals surface area contributed by atoms with Crippen molar-refractivity contribution in [3.8, 4) is 0 Å². The number of aryl methyl sites for hydroxylation is 1. The standard InChI is InChI=1S/C20H13Cl4NO5/c1-8-3-5-10(6-4-8)18(27)9(2)30-11(26)7-25-19(28)12-13(20(25)29)15(22)17(24)16(23)14(12)21/h3-6,9H,7H2,1-2H3. The van der Waals surface area contributed by atoms with Crippen LogP contribution in [0.4, 0.5) is 0 Å². The van der Waals surface area contributed by atoms with E-state index in [0.29, 0.717) is 10.5 Å². The Morgan fingerprint density at radius 3 is 1.83 bits per heavy atom. The summed E-state index contributed by atoms with van der Waals surface area (Å²) in [6.07, 6.45) is -1.12. The molecule has 0 saturated carbocycles. The molecule has 0 N–H and O–H groups in total. The molecule has 1 heterocycles. The Bertz CT molecular complexity index is 1050. The van der Waals surface area contributed by atoms with Gasteiger partial charge in [-0.3, -0.25) is 24.1 Å². The van der Waals surface area contributed by atoms with E-state index in [1.54, 1.807) is 24.3 Å². The van der Waals surface area contributed by atoms with E-state index in [4.69, 9.17) is 51.1 Å². The fourth-order valence-electron chi connectivity index (χ4n) is 2.91. The van der Waals surface area contributed by atoms with Gasteiger partial charge in [-0.1, -0.05) is 76.2 Å². The molecule has 0 fully saturated rings. The van der Waals surface area contributed by atoms with Crippen molar-refractivity contribution in [3.05, 3.63) is 66.6 Å². The topological polar surface area (TPSA) is 80.8 Å². The number of hydrogen-bond donors (Lipinski definition) is 0. The molecule has 3 rings (SSSR count). The second-order valence-corrected chi connectivity index (χ2v) is 8.08. The number of imide groups is 1. The largest absolute Gasteiger partial charge is 0.453 e. The minimum absolute atomic E-state index is 0.176. The molecule has 0 aliphatic carbocycles. The highest BCUT2D eigenvalue weighted by Gasteiger charge is 2.42. The molecule has 0 spiro atoms. The van der Waals surface area contributed by atoms with Crippen LogP contribution in [0.15, 0.2) is 24.3 Å². The van der Waals surface area contributed by atoms with Crippen molar-refractivity contribution >= 4 is 70.0 Å². The summed E-state index contributed by atoms with van der Waals surface area (Å²) < 4.78 is 5.11. The number of Topliss-reactive ketones (excluding diaryl/α,β-unsaturated/α-hetero) is 1. The number of rotatable bonds is 5. The van der Waals surface area contributed by atoms with Gasteiger partial charge in [0.25, 0.3) is 11.8 Å². The molecule has 0 radical (unpaired) electrons. The minimum Gasteiger partial charge on any atom is -0.453 e. The Hall–Kier alpha value is -2.12. The monoisotopic (exact) mass is 487 g/mol. The Morgan fingerprint density at radius 2 is 1.37 bits per heavy atom. The maximum absolute atomic E-state index is 12.6. The molecule has 30 heavy (non-hydrogen) atoms. The summed E-state index contributed by atoms with van der Waals surface area (Å²) in [6.45, 7) is 2.54. The van der Waals surface area contributed by atoms with Gasteiger partial charge in [0.05, 0.1) is 31.2 Å². The van der Waals surface area contributed by atoms with Gasteiger partial charge in [-0.15, -0.1) is 0 Å². The number of halogens is 4. The number of ether oxygens (including phenoxy) is 1. The van der Waals surface area contributed by atoms with Gasteiger partial charge in [0, 0.05) is 5.56 Å². The molecular weight excluding hydrogens is 476 g/mol. The Kier molecular flexibility index (Phi) is 6.43.